The molecule has 1 aromatic rings. The molecular weight excluding hydrogens is 212 g/mol. The third-order valence-electron chi connectivity index (χ3n) is 1.94. The monoisotopic (exact) mass is 222 g/mol. The quantitative estimate of drug-likeness (QED) is 0.328. The van der Waals surface area contributed by atoms with Crippen LogP contribution in [0.25, 0.3) is 10.4 Å². The van der Waals surface area contributed by atoms with Crippen molar-refractivity contribution in [2.24, 2.45) is 5.11 Å². The first kappa shape index (κ1) is 12.1. The number of aromatic nitrogens is 1. The topological polar surface area (TPSA) is 119 Å². The van der Waals surface area contributed by atoms with E-state index in [-0.39, 0.29) is 12.2 Å². The maximum atomic E-state index is 10.5. The van der Waals surface area contributed by atoms with Gasteiger partial charge in [0.05, 0.1) is 18.3 Å². The number of carbonyl (C=O) groups is 1. The Bertz CT molecular complexity index is 417. The SMILES string of the molecule is [N-]=[N+]=NCC(O)C(O)c1cc(C=O)ccn1. The van der Waals surface area contributed by atoms with Gasteiger partial charge < -0.3 is 10.2 Å². The van der Waals surface area contributed by atoms with Crippen LogP contribution < -0.4 is 0 Å². The van der Waals surface area contributed by atoms with Crippen molar-refractivity contribution < 1.29 is 15.0 Å². The highest BCUT2D eigenvalue weighted by atomic mass is 16.3. The van der Waals surface area contributed by atoms with E-state index < -0.39 is 12.2 Å². The zero-order valence-corrected chi connectivity index (χ0v) is 8.26. The third-order valence-corrected chi connectivity index (χ3v) is 1.94. The smallest absolute Gasteiger partial charge is 0.150 e. The molecule has 0 saturated carbocycles. The molecule has 1 heterocycles. The van der Waals surface area contributed by atoms with Gasteiger partial charge in [-0.3, -0.25) is 9.78 Å². The number of hydrogen-bond acceptors (Lipinski definition) is 5. The highest BCUT2D eigenvalue weighted by molar-refractivity contribution is 5.74. The Balaban J connectivity index is 2.81. The van der Waals surface area contributed by atoms with Gasteiger partial charge in [0.25, 0.3) is 0 Å². The second-order valence-corrected chi connectivity index (χ2v) is 3.06. The molecule has 7 nitrogen and oxygen atoms in total. The van der Waals surface area contributed by atoms with Crippen LogP contribution in [0.15, 0.2) is 23.4 Å². The van der Waals surface area contributed by atoms with Crippen LogP contribution in [0.5, 0.6) is 0 Å². The summed E-state index contributed by atoms with van der Waals surface area (Å²) in [6.07, 6.45) is -0.573. The molecular formula is C9H10N4O3. The number of rotatable bonds is 5. The lowest BCUT2D eigenvalue weighted by molar-refractivity contribution is 0.0217. The molecule has 2 unspecified atom stereocenters. The Morgan fingerprint density at radius 1 is 1.62 bits per heavy atom. The van der Waals surface area contributed by atoms with Crippen LogP contribution in [-0.4, -0.2) is 34.1 Å². The summed E-state index contributed by atoms with van der Waals surface area (Å²) in [4.78, 5) is 16.8. The van der Waals surface area contributed by atoms with Crippen molar-refractivity contribution in [3.8, 4) is 0 Å². The van der Waals surface area contributed by atoms with Crippen molar-refractivity contribution in [1.82, 2.24) is 4.98 Å². The molecule has 16 heavy (non-hydrogen) atoms. The molecule has 0 aliphatic rings. The fraction of sp³-hybridized carbons (Fsp3) is 0.333. The van der Waals surface area contributed by atoms with Gasteiger partial charge in [-0.05, 0) is 17.7 Å². The number of pyridine rings is 1. The largest absolute Gasteiger partial charge is 0.390 e. The number of hydrogen-bond donors (Lipinski definition) is 2. The number of azide groups is 1. The van der Waals surface area contributed by atoms with E-state index in [2.05, 4.69) is 15.0 Å². The Hall–Kier alpha value is -1.95. The summed E-state index contributed by atoms with van der Waals surface area (Å²) in [7, 11) is 0. The van der Waals surface area contributed by atoms with Crippen LogP contribution >= 0.6 is 0 Å². The third kappa shape index (κ3) is 3.03. The van der Waals surface area contributed by atoms with Gasteiger partial charge in [0, 0.05) is 16.7 Å². The fourth-order valence-electron chi connectivity index (χ4n) is 1.12. The molecule has 0 radical (unpaired) electrons. The average molecular weight is 222 g/mol. The van der Waals surface area contributed by atoms with Gasteiger partial charge in [-0.2, -0.15) is 0 Å². The Morgan fingerprint density at radius 3 is 3.00 bits per heavy atom. The van der Waals surface area contributed by atoms with Crippen LogP contribution in [0.4, 0.5) is 0 Å². The summed E-state index contributed by atoms with van der Waals surface area (Å²) in [5.74, 6) is 0. The molecule has 0 bridgehead atoms. The maximum Gasteiger partial charge on any atom is 0.150 e. The van der Waals surface area contributed by atoms with Crippen molar-refractivity contribution in [3.63, 3.8) is 0 Å². The minimum absolute atomic E-state index is 0.158. The predicted octanol–water partition coefficient (Wildman–Crippen LogP) is 0.599. The summed E-state index contributed by atoms with van der Waals surface area (Å²) in [6, 6.07) is 2.83. The first-order valence-corrected chi connectivity index (χ1v) is 4.47. The number of nitrogens with zero attached hydrogens (tertiary/aromatic N) is 4. The lowest BCUT2D eigenvalue weighted by Gasteiger charge is -2.15. The molecule has 1 rings (SSSR count). The second kappa shape index (κ2) is 5.82. The van der Waals surface area contributed by atoms with Crippen LogP contribution in [0.2, 0.25) is 0 Å². The minimum Gasteiger partial charge on any atom is -0.390 e. The average Bonchev–Trinajstić information content (AvgIpc) is 2.35. The highest BCUT2D eigenvalue weighted by Crippen LogP contribution is 2.15. The van der Waals surface area contributed by atoms with Crippen molar-refractivity contribution in [2.45, 2.75) is 12.2 Å². The normalized spacial score (nSPS) is 13.6. The lowest BCUT2D eigenvalue weighted by Crippen LogP contribution is -2.22. The van der Waals surface area contributed by atoms with E-state index in [0.717, 1.165) is 0 Å². The van der Waals surface area contributed by atoms with Gasteiger partial charge in [-0.15, -0.1) is 0 Å². The Kier molecular flexibility index (Phi) is 4.41. The summed E-state index contributed by atoms with van der Waals surface area (Å²) in [5, 5.41) is 22.2. The van der Waals surface area contributed by atoms with E-state index >= 15 is 0 Å². The van der Waals surface area contributed by atoms with Gasteiger partial charge in [0.1, 0.15) is 12.4 Å². The molecule has 2 atom stereocenters. The predicted molar refractivity (Wildman–Crippen MR) is 54.6 cm³/mol. The van der Waals surface area contributed by atoms with E-state index in [1.807, 2.05) is 0 Å². The Morgan fingerprint density at radius 2 is 2.38 bits per heavy atom. The standard InChI is InChI=1S/C9H10N4O3/c10-13-12-4-8(15)9(16)7-3-6(5-14)1-2-11-7/h1-3,5,8-9,15-16H,4H2. The van der Waals surface area contributed by atoms with Crippen LogP contribution in [0, 0.1) is 0 Å². The van der Waals surface area contributed by atoms with E-state index in [1.54, 1.807) is 0 Å². The second-order valence-electron chi connectivity index (χ2n) is 3.06. The summed E-state index contributed by atoms with van der Waals surface area (Å²) in [5.41, 5.74) is 8.56. The van der Waals surface area contributed by atoms with E-state index in [0.29, 0.717) is 11.8 Å². The molecule has 0 fully saturated rings. The molecule has 2 N–H and O–H groups in total. The number of aldehydes is 1. The zero-order chi connectivity index (χ0) is 12.0. The van der Waals surface area contributed by atoms with Crippen molar-refractivity contribution in [1.29, 1.82) is 0 Å². The van der Waals surface area contributed by atoms with Crippen LogP contribution in [-0.2, 0) is 0 Å². The molecule has 0 aliphatic carbocycles. The maximum absolute atomic E-state index is 10.5. The fourth-order valence-corrected chi connectivity index (χ4v) is 1.12. The molecule has 0 saturated heterocycles. The van der Waals surface area contributed by atoms with Crippen LogP contribution in [0.3, 0.4) is 0 Å². The van der Waals surface area contributed by atoms with Gasteiger partial charge in [0.2, 0.25) is 0 Å². The number of aliphatic hydroxyl groups excluding tert-OH is 2. The number of aliphatic hydroxyl groups is 2. The van der Waals surface area contributed by atoms with E-state index in [1.165, 1.54) is 18.3 Å². The van der Waals surface area contributed by atoms with Crippen molar-refractivity contribution >= 4 is 6.29 Å². The zero-order valence-electron chi connectivity index (χ0n) is 8.26. The van der Waals surface area contributed by atoms with Gasteiger partial charge in [-0.1, -0.05) is 5.11 Å². The first-order valence-electron chi connectivity index (χ1n) is 4.47. The molecule has 7 heteroatoms. The van der Waals surface area contributed by atoms with Gasteiger partial charge in [-0.25, -0.2) is 0 Å². The van der Waals surface area contributed by atoms with Gasteiger partial charge >= 0.3 is 0 Å². The summed E-state index contributed by atoms with van der Waals surface area (Å²) in [6.45, 7) is -0.259. The summed E-state index contributed by atoms with van der Waals surface area (Å²) >= 11 is 0. The van der Waals surface area contributed by atoms with E-state index in [4.69, 9.17) is 5.53 Å². The van der Waals surface area contributed by atoms with Gasteiger partial charge in [0.15, 0.2) is 0 Å². The first-order chi connectivity index (χ1) is 7.69. The van der Waals surface area contributed by atoms with Crippen molar-refractivity contribution in [2.75, 3.05) is 6.54 Å². The van der Waals surface area contributed by atoms with Crippen LogP contribution in [0.1, 0.15) is 22.2 Å². The molecule has 0 aliphatic heterocycles. The van der Waals surface area contributed by atoms with Crippen molar-refractivity contribution in [3.05, 3.63) is 40.0 Å². The molecule has 84 valence electrons. The number of carbonyl (C=O) groups excluding carboxylic acids is 1. The summed E-state index contributed by atoms with van der Waals surface area (Å²) < 4.78 is 0. The molecule has 1 aromatic heterocycles. The Labute approximate surface area is 91.0 Å². The molecule has 0 spiro atoms. The highest BCUT2D eigenvalue weighted by Gasteiger charge is 2.18. The molecule has 0 aromatic carbocycles. The minimum atomic E-state index is -1.29. The van der Waals surface area contributed by atoms with E-state index in [9.17, 15) is 15.0 Å². The molecule has 0 amide bonds. The lowest BCUT2D eigenvalue weighted by atomic mass is 10.1.